The molecular formula is C22H19Cl2N5. The SMILES string of the molecule is CCN(c1ncnc(Nc2ccc(Cl)cc2Cl)c1N)c1cccc2ccccc12. The van der Waals surface area contributed by atoms with Gasteiger partial charge in [0.1, 0.15) is 12.0 Å². The Bertz CT molecular complexity index is 1170. The third kappa shape index (κ3) is 3.79. The molecule has 0 spiro atoms. The Kier molecular flexibility index (Phi) is 5.43. The van der Waals surface area contributed by atoms with Gasteiger partial charge in [-0.2, -0.15) is 0 Å². The average molecular weight is 424 g/mol. The van der Waals surface area contributed by atoms with Crippen LogP contribution in [0.1, 0.15) is 6.92 Å². The molecule has 0 saturated heterocycles. The molecule has 4 rings (SSSR count). The fourth-order valence-electron chi connectivity index (χ4n) is 3.30. The van der Waals surface area contributed by atoms with Crippen molar-refractivity contribution in [3.8, 4) is 0 Å². The zero-order valence-corrected chi connectivity index (χ0v) is 17.2. The van der Waals surface area contributed by atoms with Gasteiger partial charge in [0, 0.05) is 17.0 Å². The second kappa shape index (κ2) is 8.15. The van der Waals surface area contributed by atoms with E-state index in [2.05, 4.69) is 51.4 Å². The molecule has 3 N–H and O–H groups in total. The number of halogens is 2. The molecule has 1 aromatic heterocycles. The number of anilines is 5. The standard InChI is InChI=1S/C22H19Cl2N5/c1-2-29(19-9-5-7-14-6-3-4-8-16(14)19)22-20(25)21(26-13-27-22)28-18-11-10-15(23)12-17(18)24/h3-13H,2,25H2,1H3,(H,26,27,28). The number of nitrogen functional groups attached to an aromatic ring is 1. The fourth-order valence-corrected chi connectivity index (χ4v) is 3.75. The first-order valence-electron chi connectivity index (χ1n) is 9.16. The second-order valence-corrected chi connectivity index (χ2v) is 7.29. The molecule has 0 amide bonds. The van der Waals surface area contributed by atoms with Crippen LogP contribution in [0.2, 0.25) is 10.0 Å². The molecule has 4 aromatic rings. The van der Waals surface area contributed by atoms with Gasteiger partial charge in [0.15, 0.2) is 11.6 Å². The minimum atomic E-state index is 0.438. The molecule has 0 aliphatic rings. The third-order valence-electron chi connectivity index (χ3n) is 4.68. The van der Waals surface area contributed by atoms with Gasteiger partial charge in [0.25, 0.3) is 0 Å². The van der Waals surface area contributed by atoms with Crippen LogP contribution in [0.5, 0.6) is 0 Å². The topological polar surface area (TPSA) is 67.1 Å². The van der Waals surface area contributed by atoms with Crippen molar-refractivity contribution in [2.75, 3.05) is 22.5 Å². The minimum absolute atomic E-state index is 0.438. The lowest BCUT2D eigenvalue weighted by atomic mass is 10.1. The summed E-state index contributed by atoms with van der Waals surface area (Å²) in [4.78, 5) is 10.8. The molecule has 146 valence electrons. The van der Waals surface area contributed by atoms with E-state index in [1.54, 1.807) is 18.2 Å². The first kappa shape index (κ1) is 19.3. The average Bonchev–Trinajstić information content (AvgIpc) is 2.73. The smallest absolute Gasteiger partial charge is 0.161 e. The number of rotatable bonds is 5. The molecule has 0 bridgehead atoms. The van der Waals surface area contributed by atoms with Gasteiger partial charge in [0.2, 0.25) is 0 Å². The van der Waals surface area contributed by atoms with Gasteiger partial charge in [0.05, 0.1) is 16.4 Å². The van der Waals surface area contributed by atoms with E-state index in [-0.39, 0.29) is 0 Å². The number of aromatic nitrogens is 2. The molecule has 1 heterocycles. The Hall–Kier alpha value is -3.02. The normalized spacial score (nSPS) is 10.9. The highest BCUT2D eigenvalue weighted by atomic mass is 35.5. The number of fused-ring (bicyclic) bond motifs is 1. The van der Waals surface area contributed by atoms with Crippen LogP contribution in [0.25, 0.3) is 10.8 Å². The van der Waals surface area contributed by atoms with Crippen LogP contribution >= 0.6 is 23.2 Å². The van der Waals surface area contributed by atoms with Crippen molar-refractivity contribution in [1.82, 2.24) is 9.97 Å². The first-order valence-corrected chi connectivity index (χ1v) is 9.92. The minimum Gasteiger partial charge on any atom is -0.393 e. The Morgan fingerprint density at radius 1 is 1.00 bits per heavy atom. The van der Waals surface area contributed by atoms with Gasteiger partial charge in [-0.25, -0.2) is 9.97 Å². The molecule has 5 nitrogen and oxygen atoms in total. The predicted octanol–water partition coefficient (Wildman–Crippen LogP) is 6.42. The maximum atomic E-state index is 6.47. The van der Waals surface area contributed by atoms with Crippen molar-refractivity contribution >= 4 is 62.7 Å². The summed E-state index contributed by atoms with van der Waals surface area (Å²) in [6.45, 7) is 2.75. The first-order chi connectivity index (χ1) is 14.1. The maximum absolute atomic E-state index is 6.47. The van der Waals surface area contributed by atoms with E-state index >= 15 is 0 Å². The Morgan fingerprint density at radius 3 is 2.59 bits per heavy atom. The monoisotopic (exact) mass is 423 g/mol. The highest BCUT2D eigenvalue weighted by Gasteiger charge is 2.18. The second-order valence-electron chi connectivity index (χ2n) is 6.45. The highest BCUT2D eigenvalue weighted by Crippen LogP contribution is 2.37. The van der Waals surface area contributed by atoms with Gasteiger partial charge < -0.3 is 16.0 Å². The molecule has 0 atom stereocenters. The van der Waals surface area contributed by atoms with Gasteiger partial charge in [-0.05, 0) is 36.6 Å². The molecular weight excluding hydrogens is 405 g/mol. The fraction of sp³-hybridized carbons (Fsp3) is 0.0909. The predicted molar refractivity (Wildman–Crippen MR) is 123 cm³/mol. The van der Waals surface area contributed by atoms with Gasteiger partial charge >= 0.3 is 0 Å². The van der Waals surface area contributed by atoms with Crippen LogP contribution in [0.15, 0.2) is 67.0 Å². The quantitative estimate of drug-likeness (QED) is 0.387. The molecule has 29 heavy (non-hydrogen) atoms. The van der Waals surface area contributed by atoms with Crippen LogP contribution < -0.4 is 16.0 Å². The molecule has 0 aliphatic heterocycles. The van der Waals surface area contributed by atoms with Gasteiger partial charge in [-0.15, -0.1) is 0 Å². The van der Waals surface area contributed by atoms with Crippen LogP contribution in [0.3, 0.4) is 0 Å². The van der Waals surface area contributed by atoms with Crippen LogP contribution in [0, 0.1) is 0 Å². The lowest BCUT2D eigenvalue weighted by Crippen LogP contribution is -2.20. The Morgan fingerprint density at radius 2 is 1.79 bits per heavy atom. The van der Waals surface area contributed by atoms with E-state index in [0.717, 1.165) is 16.5 Å². The van der Waals surface area contributed by atoms with Crippen molar-refractivity contribution in [1.29, 1.82) is 0 Å². The number of hydrogen-bond acceptors (Lipinski definition) is 5. The van der Waals surface area contributed by atoms with Crippen molar-refractivity contribution in [2.45, 2.75) is 6.92 Å². The number of nitrogens with two attached hydrogens (primary N) is 1. The number of hydrogen-bond donors (Lipinski definition) is 2. The zero-order valence-electron chi connectivity index (χ0n) is 15.7. The Balaban J connectivity index is 1.77. The summed E-state index contributed by atoms with van der Waals surface area (Å²) in [5, 5.41) is 6.51. The van der Waals surface area contributed by atoms with E-state index in [1.165, 1.54) is 6.33 Å². The van der Waals surface area contributed by atoms with Crippen LogP contribution in [-0.2, 0) is 0 Å². The lowest BCUT2D eigenvalue weighted by Gasteiger charge is -2.25. The summed E-state index contributed by atoms with van der Waals surface area (Å²) in [6, 6.07) is 19.6. The van der Waals surface area contributed by atoms with Gasteiger partial charge in [-0.3, -0.25) is 0 Å². The molecule has 7 heteroatoms. The molecule has 0 aliphatic carbocycles. The van der Waals surface area contributed by atoms with Crippen molar-refractivity contribution in [3.05, 3.63) is 77.0 Å². The van der Waals surface area contributed by atoms with Crippen LogP contribution in [-0.4, -0.2) is 16.5 Å². The Labute approximate surface area is 179 Å². The summed E-state index contributed by atoms with van der Waals surface area (Å²) in [5.41, 5.74) is 8.61. The van der Waals surface area contributed by atoms with Crippen LogP contribution in [0.4, 0.5) is 28.7 Å². The molecule has 0 unspecified atom stereocenters. The third-order valence-corrected chi connectivity index (χ3v) is 5.22. The van der Waals surface area contributed by atoms with E-state index in [1.807, 2.05) is 18.2 Å². The van der Waals surface area contributed by atoms with E-state index in [0.29, 0.717) is 39.6 Å². The number of nitrogens with zero attached hydrogens (tertiary/aromatic N) is 3. The molecule has 0 fully saturated rings. The largest absolute Gasteiger partial charge is 0.393 e. The van der Waals surface area contributed by atoms with Crippen molar-refractivity contribution in [2.24, 2.45) is 0 Å². The number of nitrogens with one attached hydrogen (secondary N) is 1. The molecule has 0 radical (unpaired) electrons. The van der Waals surface area contributed by atoms with E-state index in [9.17, 15) is 0 Å². The summed E-state index contributed by atoms with van der Waals surface area (Å²) in [7, 11) is 0. The van der Waals surface area contributed by atoms with E-state index < -0.39 is 0 Å². The molecule has 3 aromatic carbocycles. The summed E-state index contributed by atoms with van der Waals surface area (Å²) in [5.74, 6) is 1.12. The lowest BCUT2D eigenvalue weighted by molar-refractivity contribution is 0.985. The maximum Gasteiger partial charge on any atom is 0.161 e. The summed E-state index contributed by atoms with van der Waals surface area (Å²) < 4.78 is 0. The summed E-state index contributed by atoms with van der Waals surface area (Å²) in [6.07, 6.45) is 1.49. The van der Waals surface area contributed by atoms with Crippen molar-refractivity contribution in [3.63, 3.8) is 0 Å². The van der Waals surface area contributed by atoms with Gasteiger partial charge in [-0.1, -0.05) is 59.6 Å². The molecule has 0 saturated carbocycles. The number of benzene rings is 3. The zero-order chi connectivity index (χ0) is 20.4. The van der Waals surface area contributed by atoms with Crippen molar-refractivity contribution < 1.29 is 0 Å². The van der Waals surface area contributed by atoms with E-state index in [4.69, 9.17) is 28.9 Å². The summed E-state index contributed by atoms with van der Waals surface area (Å²) >= 11 is 12.3. The highest BCUT2D eigenvalue weighted by molar-refractivity contribution is 6.36.